The van der Waals surface area contributed by atoms with E-state index >= 15 is 0 Å². The maximum Gasteiger partial charge on any atom is 0.255 e. The van der Waals surface area contributed by atoms with Crippen molar-refractivity contribution in [2.24, 2.45) is 0 Å². The molecule has 0 aliphatic carbocycles. The summed E-state index contributed by atoms with van der Waals surface area (Å²) in [6.07, 6.45) is 0. The Morgan fingerprint density at radius 2 is 1.88 bits per heavy atom. The summed E-state index contributed by atoms with van der Waals surface area (Å²) in [6.45, 7) is 1.94. The molecule has 1 aliphatic heterocycles. The fourth-order valence-corrected chi connectivity index (χ4v) is 2.09. The van der Waals surface area contributed by atoms with Crippen LogP contribution in [0.1, 0.15) is 10.4 Å². The van der Waals surface area contributed by atoms with Crippen LogP contribution in [-0.4, -0.2) is 37.1 Å². The number of nitrogens with zero attached hydrogens (tertiary/aromatic N) is 1. The molecule has 1 saturated heterocycles. The minimum Gasteiger partial charge on any atom is -0.378 e. The van der Waals surface area contributed by atoms with E-state index in [9.17, 15) is 9.18 Å². The number of carbonyl (C=O) groups excluding carboxylic acids is 1. The second-order valence-corrected chi connectivity index (χ2v) is 4.47. The number of morpholine rings is 1. The largest absolute Gasteiger partial charge is 0.378 e. The Kier molecular flexibility index (Phi) is 3.86. The highest BCUT2D eigenvalue weighted by atomic mass is 35.5. The molecular formula is C11H10Cl2FNO2. The van der Waals surface area contributed by atoms with E-state index in [1.807, 2.05) is 0 Å². The molecule has 1 aromatic rings. The highest BCUT2D eigenvalue weighted by Crippen LogP contribution is 2.25. The van der Waals surface area contributed by atoms with Gasteiger partial charge in [-0.2, -0.15) is 0 Å². The average Bonchev–Trinajstić information content (AvgIpc) is 2.34. The van der Waals surface area contributed by atoms with E-state index in [0.29, 0.717) is 26.3 Å². The molecule has 3 nitrogen and oxygen atoms in total. The summed E-state index contributed by atoms with van der Waals surface area (Å²) in [6, 6.07) is 2.31. The second-order valence-electron chi connectivity index (χ2n) is 3.65. The zero-order chi connectivity index (χ0) is 12.4. The van der Waals surface area contributed by atoms with Crippen LogP contribution in [-0.2, 0) is 4.74 Å². The van der Waals surface area contributed by atoms with Crippen molar-refractivity contribution in [3.05, 3.63) is 33.6 Å². The van der Waals surface area contributed by atoms with Gasteiger partial charge in [-0.25, -0.2) is 4.39 Å². The number of benzene rings is 1. The highest BCUT2D eigenvalue weighted by Gasteiger charge is 2.22. The van der Waals surface area contributed by atoms with Gasteiger partial charge >= 0.3 is 0 Å². The summed E-state index contributed by atoms with van der Waals surface area (Å²) in [5, 5.41) is 0.0708. The van der Waals surface area contributed by atoms with E-state index in [-0.39, 0.29) is 21.5 Å². The summed E-state index contributed by atoms with van der Waals surface area (Å²) in [5.74, 6) is -0.943. The lowest BCUT2D eigenvalue weighted by Crippen LogP contribution is -2.40. The highest BCUT2D eigenvalue weighted by molar-refractivity contribution is 6.36. The summed E-state index contributed by atoms with van der Waals surface area (Å²) >= 11 is 11.5. The first kappa shape index (κ1) is 12.6. The number of rotatable bonds is 1. The van der Waals surface area contributed by atoms with Gasteiger partial charge in [0.2, 0.25) is 0 Å². The third-order valence-corrected chi connectivity index (χ3v) is 3.14. The van der Waals surface area contributed by atoms with Gasteiger partial charge in [-0.05, 0) is 12.1 Å². The van der Waals surface area contributed by atoms with Crippen LogP contribution in [0.3, 0.4) is 0 Å². The van der Waals surface area contributed by atoms with Crippen LogP contribution < -0.4 is 0 Å². The lowest BCUT2D eigenvalue weighted by Gasteiger charge is -2.27. The topological polar surface area (TPSA) is 29.5 Å². The first-order valence-electron chi connectivity index (χ1n) is 5.11. The smallest absolute Gasteiger partial charge is 0.255 e. The lowest BCUT2D eigenvalue weighted by atomic mass is 10.2. The summed E-state index contributed by atoms with van der Waals surface area (Å²) < 4.78 is 18.4. The number of halogens is 3. The Morgan fingerprint density at radius 1 is 1.24 bits per heavy atom. The van der Waals surface area contributed by atoms with E-state index in [0.717, 1.165) is 6.07 Å². The van der Waals surface area contributed by atoms with Crippen molar-refractivity contribution in [2.45, 2.75) is 0 Å². The standard InChI is InChI=1S/C11H10Cl2FNO2/c12-8-6-9(13)10(14)5-7(8)11(16)15-1-3-17-4-2-15/h5-6H,1-4H2. The van der Waals surface area contributed by atoms with Crippen molar-refractivity contribution in [1.29, 1.82) is 0 Å². The van der Waals surface area contributed by atoms with Crippen molar-refractivity contribution >= 4 is 29.1 Å². The molecule has 0 radical (unpaired) electrons. The van der Waals surface area contributed by atoms with Crippen LogP contribution in [0.15, 0.2) is 12.1 Å². The zero-order valence-corrected chi connectivity index (χ0v) is 10.4. The van der Waals surface area contributed by atoms with E-state index in [2.05, 4.69) is 0 Å². The van der Waals surface area contributed by atoms with Gasteiger partial charge in [0.1, 0.15) is 5.82 Å². The molecule has 0 aromatic heterocycles. The molecule has 1 fully saturated rings. The molecule has 0 saturated carbocycles. The minimum absolute atomic E-state index is 0.0893. The Hall–Kier alpha value is -0.840. The lowest BCUT2D eigenvalue weighted by molar-refractivity contribution is 0.0302. The first-order chi connectivity index (χ1) is 8.09. The number of ether oxygens (including phenoxy) is 1. The van der Waals surface area contributed by atoms with Gasteiger partial charge in [0.15, 0.2) is 0 Å². The van der Waals surface area contributed by atoms with Gasteiger partial charge in [-0.3, -0.25) is 4.79 Å². The molecule has 0 bridgehead atoms. The molecule has 17 heavy (non-hydrogen) atoms. The van der Waals surface area contributed by atoms with Crippen LogP contribution in [0.25, 0.3) is 0 Å². The molecule has 92 valence electrons. The SMILES string of the molecule is O=C(c1cc(F)c(Cl)cc1Cl)N1CCOCC1. The molecule has 1 heterocycles. The van der Waals surface area contributed by atoms with Crippen molar-refractivity contribution in [2.75, 3.05) is 26.3 Å². The van der Waals surface area contributed by atoms with Crippen LogP contribution >= 0.6 is 23.2 Å². The van der Waals surface area contributed by atoms with E-state index < -0.39 is 5.82 Å². The Balaban J connectivity index is 2.26. The Morgan fingerprint density at radius 3 is 2.53 bits per heavy atom. The quantitative estimate of drug-likeness (QED) is 0.739. The van der Waals surface area contributed by atoms with Crippen LogP contribution in [0.5, 0.6) is 0 Å². The molecule has 1 aliphatic rings. The average molecular weight is 278 g/mol. The minimum atomic E-state index is -0.646. The summed E-state index contributed by atoms with van der Waals surface area (Å²) in [4.78, 5) is 13.6. The number of hydrogen-bond acceptors (Lipinski definition) is 2. The van der Waals surface area contributed by atoms with Crippen LogP contribution in [0.2, 0.25) is 10.0 Å². The molecule has 2 rings (SSSR count). The van der Waals surface area contributed by atoms with E-state index in [4.69, 9.17) is 27.9 Å². The predicted molar refractivity (Wildman–Crippen MR) is 63.1 cm³/mol. The monoisotopic (exact) mass is 277 g/mol. The normalized spacial score (nSPS) is 16.1. The van der Waals surface area contributed by atoms with Gasteiger partial charge in [-0.1, -0.05) is 23.2 Å². The fourth-order valence-electron chi connectivity index (χ4n) is 1.62. The zero-order valence-electron chi connectivity index (χ0n) is 8.88. The predicted octanol–water partition coefficient (Wildman–Crippen LogP) is 2.60. The molecule has 1 aromatic carbocycles. The van der Waals surface area contributed by atoms with Gasteiger partial charge in [0.25, 0.3) is 5.91 Å². The Labute approximate surface area is 108 Å². The summed E-state index contributed by atoms with van der Waals surface area (Å²) in [7, 11) is 0. The van der Waals surface area contributed by atoms with Crippen molar-refractivity contribution in [3.8, 4) is 0 Å². The maximum atomic E-state index is 13.3. The molecule has 0 spiro atoms. The third kappa shape index (κ3) is 2.70. The maximum absolute atomic E-state index is 13.3. The second kappa shape index (κ2) is 5.21. The molecule has 1 amide bonds. The number of hydrogen-bond donors (Lipinski definition) is 0. The fraction of sp³-hybridized carbons (Fsp3) is 0.364. The van der Waals surface area contributed by atoms with Gasteiger partial charge in [0, 0.05) is 13.1 Å². The van der Waals surface area contributed by atoms with Gasteiger partial charge < -0.3 is 9.64 Å². The van der Waals surface area contributed by atoms with Crippen molar-refractivity contribution < 1.29 is 13.9 Å². The van der Waals surface area contributed by atoms with Crippen molar-refractivity contribution in [1.82, 2.24) is 4.90 Å². The first-order valence-corrected chi connectivity index (χ1v) is 5.87. The van der Waals surface area contributed by atoms with E-state index in [1.54, 1.807) is 4.90 Å². The van der Waals surface area contributed by atoms with Crippen molar-refractivity contribution in [3.63, 3.8) is 0 Å². The number of amides is 1. The molecule has 0 unspecified atom stereocenters. The molecule has 6 heteroatoms. The summed E-state index contributed by atoms with van der Waals surface area (Å²) in [5.41, 5.74) is 0.135. The third-order valence-electron chi connectivity index (χ3n) is 2.54. The molecular weight excluding hydrogens is 268 g/mol. The van der Waals surface area contributed by atoms with Crippen LogP contribution in [0.4, 0.5) is 4.39 Å². The molecule has 0 N–H and O–H groups in total. The Bertz CT molecular complexity index is 447. The van der Waals surface area contributed by atoms with Gasteiger partial charge in [-0.15, -0.1) is 0 Å². The van der Waals surface area contributed by atoms with E-state index in [1.165, 1.54) is 6.07 Å². The number of carbonyl (C=O) groups is 1. The van der Waals surface area contributed by atoms with Crippen LogP contribution in [0, 0.1) is 5.82 Å². The van der Waals surface area contributed by atoms with Gasteiger partial charge in [0.05, 0.1) is 28.8 Å². The molecule has 0 atom stereocenters.